The van der Waals surface area contributed by atoms with Crippen LogP contribution in [0.3, 0.4) is 0 Å². The summed E-state index contributed by atoms with van der Waals surface area (Å²) in [6, 6.07) is 8.48. The number of fused-ring (bicyclic) bond motifs is 5. The molecule has 3 aromatic rings. The number of benzene rings is 2. The summed E-state index contributed by atoms with van der Waals surface area (Å²) in [5.74, 6) is -1.19. The van der Waals surface area contributed by atoms with Gasteiger partial charge in [-0.15, -0.1) is 0 Å². The molecule has 2 fully saturated rings. The van der Waals surface area contributed by atoms with Gasteiger partial charge in [0.2, 0.25) is 11.8 Å². The van der Waals surface area contributed by atoms with Gasteiger partial charge in [-0.1, -0.05) is 29.8 Å². The SMILES string of the molecule is CC(=O)c1cn2c3cc(ccc13)C1(CC1)NC(=O)CCCCc1cc(Cl)c(F)c(c1)CC(=O)[C@@H]1CCCN1C(=O)C2. The van der Waals surface area contributed by atoms with Crippen molar-refractivity contribution in [1.82, 2.24) is 14.8 Å². The number of ketones is 2. The number of carbonyl (C=O) groups excluding carboxylic acids is 4. The molecule has 1 aliphatic carbocycles. The highest BCUT2D eigenvalue weighted by Gasteiger charge is 2.45. The third-order valence-electron chi connectivity index (χ3n) is 8.84. The zero-order valence-corrected chi connectivity index (χ0v) is 23.9. The molecule has 1 N–H and O–H groups in total. The molecule has 0 radical (unpaired) electrons. The lowest BCUT2D eigenvalue weighted by atomic mass is 9.97. The van der Waals surface area contributed by atoms with E-state index in [9.17, 15) is 23.6 Å². The van der Waals surface area contributed by atoms with Crippen molar-refractivity contribution in [3.05, 3.63) is 69.6 Å². The molecule has 2 amide bonds. The minimum Gasteiger partial charge on any atom is -0.347 e. The third kappa shape index (κ3) is 5.30. The predicted molar refractivity (Wildman–Crippen MR) is 153 cm³/mol. The molecule has 2 aromatic carbocycles. The van der Waals surface area contributed by atoms with Gasteiger partial charge in [0.05, 0.1) is 16.6 Å². The average molecular weight is 578 g/mol. The highest BCUT2D eigenvalue weighted by atomic mass is 35.5. The van der Waals surface area contributed by atoms with E-state index in [1.165, 1.54) is 6.92 Å². The van der Waals surface area contributed by atoms with E-state index in [-0.39, 0.29) is 46.9 Å². The van der Waals surface area contributed by atoms with Crippen molar-refractivity contribution >= 4 is 45.9 Å². The molecule has 0 unspecified atom stereocenters. The molecular formula is C32H33ClFN3O4. The van der Waals surface area contributed by atoms with Crippen molar-refractivity contribution in [2.24, 2.45) is 0 Å². The molecule has 41 heavy (non-hydrogen) atoms. The summed E-state index contributed by atoms with van der Waals surface area (Å²) >= 11 is 6.20. The Kier molecular flexibility index (Phi) is 7.22. The monoisotopic (exact) mass is 577 g/mol. The summed E-state index contributed by atoms with van der Waals surface area (Å²) in [5, 5.41) is 3.95. The fraction of sp³-hybridized carbons (Fsp3) is 0.438. The first-order valence-corrected chi connectivity index (χ1v) is 14.8. The zero-order chi connectivity index (χ0) is 28.9. The van der Waals surface area contributed by atoms with Gasteiger partial charge < -0.3 is 14.8 Å². The van der Waals surface area contributed by atoms with Gasteiger partial charge in [-0.25, -0.2) is 4.39 Å². The first kappa shape index (κ1) is 27.6. The average Bonchev–Trinajstić information content (AvgIpc) is 3.37. The molecule has 9 heteroatoms. The summed E-state index contributed by atoms with van der Waals surface area (Å²) in [6.45, 7) is 1.91. The van der Waals surface area contributed by atoms with Crippen LogP contribution in [0.15, 0.2) is 36.5 Å². The first-order chi connectivity index (χ1) is 19.6. The van der Waals surface area contributed by atoms with Crippen LogP contribution >= 0.6 is 11.6 Å². The standard InChI is InChI=1S/C32H33ClFN3O4/c1-19(38)24-17-36-18-30(41)37-12-4-6-26(37)28(39)15-21-13-20(14-25(33)31(21)34)5-2-3-7-29(40)35-32(10-11-32)22-8-9-23(24)27(36)16-22/h8-9,13-14,16-17,26H,2-7,10-12,15,18H2,1H3,(H,35,40)/t26-/m0/s1. The molecule has 1 saturated heterocycles. The smallest absolute Gasteiger partial charge is 0.243 e. The molecule has 2 aliphatic heterocycles. The summed E-state index contributed by atoms with van der Waals surface area (Å²) in [4.78, 5) is 54.0. The molecule has 1 saturated carbocycles. The molecule has 1 atom stereocenters. The number of rotatable bonds is 1. The van der Waals surface area contributed by atoms with Gasteiger partial charge in [0.15, 0.2) is 11.6 Å². The number of carbonyl (C=O) groups is 4. The van der Waals surface area contributed by atoms with Crippen molar-refractivity contribution in [2.45, 2.75) is 82.8 Å². The Morgan fingerprint density at radius 2 is 1.85 bits per heavy atom. The Labute approximate surface area is 243 Å². The van der Waals surface area contributed by atoms with Crippen LogP contribution in [0, 0.1) is 5.82 Å². The van der Waals surface area contributed by atoms with Gasteiger partial charge in [0, 0.05) is 42.0 Å². The second-order valence-corrected chi connectivity index (χ2v) is 12.1. The first-order valence-electron chi connectivity index (χ1n) is 14.4. The van der Waals surface area contributed by atoms with Crippen LogP contribution in [0.1, 0.15) is 78.9 Å². The van der Waals surface area contributed by atoms with Crippen LogP contribution in [0.4, 0.5) is 4.39 Å². The maximum atomic E-state index is 15.0. The molecule has 4 bridgehead atoms. The van der Waals surface area contributed by atoms with E-state index in [1.807, 2.05) is 18.2 Å². The number of hydrogen-bond acceptors (Lipinski definition) is 4. The Balaban J connectivity index is 1.38. The Morgan fingerprint density at radius 1 is 1.07 bits per heavy atom. The lowest BCUT2D eigenvalue weighted by molar-refractivity contribution is -0.137. The van der Waals surface area contributed by atoms with Crippen molar-refractivity contribution in [3.8, 4) is 0 Å². The number of Topliss-reactive ketones (excluding diaryl/α,β-unsaturated/α-hetero) is 2. The molecule has 214 valence electrons. The quantitative estimate of drug-likeness (QED) is 0.399. The van der Waals surface area contributed by atoms with Gasteiger partial charge in [0.25, 0.3) is 0 Å². The van der Waals surface area contributed by atoms with Gasteiger partial charge in [-0.3, -0.25) is 19.2 Å². The fourth-order valence-electron chi connectivity index (χ4n) is 6.48. The molecule has 1 aromatic heterocycles. The molecule has 3 heterocycles. The highest BCUT2D eigenvalue weighted by Crippen LogP contribution is 2.46. The van der Waals surface area contributed by atoms with Gasteiger partial charge in [-0.2, -0.15) is 0 Å². The Morgan fingerprint density at radius 3 is 2.61 bits per heavy atom. The molecule has 1 spiro atoms. The van der Waals surface area contributed by atoms with Crippen molar-refractivity contribution in [3.63, 3.8) is 0 Å². The topological polar surface area (TPSA) is 88.5 Å². The Hall–Kier alpha value is -3.52. The maximum Gasteiger partial charge on any atom is 0.243 e. The second-order valence-electron chi connectivity index (χ2n) is 11.7. The van der Waals surface area contributed by atoms with E-state index in [4.69, 9.17) is 11.6 Å². The summed E-state index contributed by atoms with van der Waals surface area (Å²) in [7, 11) is 0. The number of aryl methyl sites for hydroxylation is 1. The minimum atomic E-state index is -0.635. The van der Waals surface area contributed by atoms with Crippen LogP contribution in [-0.4, -0.2) is 45.4 Å². The number of nitrogens with zero attached hydrogens (tertiary/aromatic N) is 2. The maximum absolute atomic E-state index is 15.0. The van der Waals surface area contributed by atoms with E-state index in [0.717, 1.165) is 34.9 Å². The van der Waals surface area contributed by atoms with Crippen molar-refractivity contribution in [2.75, 3.05) is 6.54 Å². The van der Waals surface area contributed by atoms with Crippen molar-refractivity contribution < 1.29 is 23.6 Å². The predicted octanol–water partition coefficient (Wildman–Crippen LogP) is 5.27. The fourth-order valence-corrected chi connectivity index (χ4v) is 6.74. The van der Waals surface area contributed by atoms with E-state index in [0.29, 0.717) is 50.6 Å². The van der Waals surface area contributed by atoms with Gasteiger partial charge >= 0.3 is 0 Å². The molecular weight excluding hydrogens is 545 g/mol. The normalized spacial score (nSPS) is 21.3. The second kappa shape index (κ2) is 10.7. The number of amides is 2. The number of halogens is 2. The van der Waals surface area contributed by atoms with E-state index < -0.39 is 17.4 Å². The van der Waals surface area contributed by atoms with Gasteiger partial charge in [-0.05, 0) is 80.7 Å². The van der Waals surface area contributed by atoms with E-state index >= 15 is 0 Å². The number of nitrogens with one attached hydrogen (secondary N) is 1. The number of hydrogen-bond donors (Lipinski definition) is 1. The third-order valence-corrected chi connectivity index (χ3v) is 9.12. The van der Waals surface area contributed by atoms with Crippen molar-refractivity contribution in [1.29, 1.82) is 0 Å². The molecule has 6 rings (SSSR count). The number of aromatic nitrogens is 1. The van der Waals surface area contributed by atoms with Crippen LogP contribution in [0.5, 0.6) is 0 Å². The van der Waals surface area contributed by atoms with E-state index in [1.54, 1.807) is 27.8 Å². The largest absolute Gasteiger partial charge is 0.347 e. The van der Waals surface area contributed by atoms with Crippen LogP contribution in [0.25, 0.3) is 10.9 Å². The zero-order valence-electron chi connectivity index (χ0n) is 23.1. The summed E-state index contributed by atoms with van der Waals surface area (Å²) in [6.07, 6.45) is 6.75. The van der Waals surface area contributed by atoms with Crippen LogP contribution in [-0.2, 0) is 39.3 Å². The van der Waals surface area contributed by atoms with E-state index in [2.05, 4.69) is 5.32 Å². The minimum absolute atomic E-state index is 0.0285. The molecule has 7 nitrogen and oxygen atoms in total. The van der Waals surface area contributed by atoms with Crippen LogP contribution < -0.4 is 5.32 Å². The summed E-state index contributed by atoms with van der Waals surface area (Å²) < 4.78 is 16.7. The highest BCUT2D eigenvalue weighted by molar-refractivity contribution is 6.30. The van der Waals surface area contributed by atoms with Gasteiger partial charge in [0.1, 0.15) is 12.4 Å². The summed E-state index contributed by atoms with van der Waals surface area (Å²) in [5.41, 5.74) is 2.82. The molecule has 3 aliphatic rings. The van der Waals surface area contributed by atoms with Crippen LogP contribution in [0.2, 0.25) is 5.02 Å². The Bertz CT molecular complexity index is 1590. The lowest BCUT2D eigenvalue weighted by Gasteiger charge is -2.24. The lowest BCUT2D eigenvalue weighted by Crippen LogP contribution is -2.42.